The molecule has 0 bridgehead atoms. The number of likely N-dealkylation sites (N-methyl/N-ethyl adjacent to an activating group) is 1. The van der Waals surface area contributed by atoms with E-state index in [2.05, 4.69) is 87.3 Å². The largest absolute Gasteiger partial charge is 0.510 e. The molecule has 2 aromatic heterocycles. The van der Waals surface area contributed by atoms with Crippen molar-refractivity contribution < 1.29 is 14.3 Å². The van der Waals surface area contributed by atoms with Crippen molar-refractivity contribution in [1.82, 2.24) is 19.4 Å². The fourth-order valence-electron chi connectivity index (χ4n) is 3.16. The summed E-state index contributed by atoms with van der Waals surface area (Å²) in [4.78, 5) is 26.3. The maximum Gasteiger partial charge on any atom is 0.262 e. The van der Waals surface area contributed by atoms with Gasteiger partial charge in [-0.1, -0.05) is 48.9 Å². The molecule has 2 N–H and O–H groups in total. The van der Waals surface area contributed by atoms with Crippen LogP contribution in [0.4, 0.5) is 5.95 Å². The van der Waals surface area contributed by atoms with E-state index >= 15 is 0 Å². The number of aliphatic hydroxyl groups is 1. The molecule has 0 saturated heterocycles. The highest BCUT2D eigenvalue weighted by Gasteiger charge is 2.39. The molecule has 0 unspecified atom stereocenters. The first kappa shape index (κ1) is 28.1. The lowest BCUT2D eigenvalue weighted by molar-refractivity contribution is -0.0188. The van der Waals surface area contributed by atoms with E-state index in [4.69, 9.17) is 9.16 Å². The molecule has 192 valence electrons. The van der Waals surface area contributed by atoms with Crippen LogP contribution in [0.3, 0.4) is 0 Å². The average molecular weight is 678 g/mol. The molecular weight excluding hydrogens is 645 g/mol. The number of fused-ring (bicyclic) bond motifs is 1. The summed E-state index contributed by atoms with van der Waals surface area (Å²) in [6.07, 6.45) is 7.86. The van der Waals surface area contributed by atoms with E-state index in [9.17, 15) is 9.90 Å². The molecule has 3 heterocycles. The number of aliphatic imine (C=N–C) groups is 1. The van der Waals surface area contributed by atoms with Gasteiger partial charge in [0.15, 0.2) is 20.2 Å². The number of halogens is 2. The SMILES string of the molecule is CN(C=Nc1nc2c(c(I)cn2[C@H]2C=C(O)[C@@H](CO[Si](C)(C)C(C)(C)C)O2)c(=O)[nH]1)C/C=C/CBr. The van der Waals surface area contributed by atoms with Crippen LogP contribution in [-0.2, 0) is 9.16 Å². The number of hydrogen-bond acceptors (Lipinski definition) is 6. The number of ether oxygens (including phenoxy) is 1. The number of H-pyrrole nitrogens is 1. The number of aromatic amines is 1. The van der Waals surface area contributed by atoms with Crippen LogP contribution >= 0.6 is 38.5 Å². The van der Waals surface area contributed by atoms with E-state index in [0.717, 1.165) is 8.90 Å². The number of alkyl halides is 1. The molecule has 0 radical (unpaired) electrons. The maximum atomic E-state index is 12.8. The number of hydrogen-bond donors (Lipinski definition) is 2. The molecule has 35 heavy (non-hydrogen) atoms. The van der Waals surface area contributed by atoms with Gasteiger partial charge in [-0.2, -0.15) is 4.98 Å². The molecule has 1 aliphatic rings. The lowest BCUT2D eigenvalue weighted by Crippen LogP contribution is -2.43. The average Bonchev–Trinajstić information content (AvgIpc) is 3.30. The highest BCUT2D eigenvalue weighted by atomic mass is 127. The third kappa shape index (κ3) is 6.64. The Hall–Kier alpha value is -1.48. The predicted octanol–water partition coefficient (Wildman–Crippen LogP) is 5.23. The summed E-state index contributed by atoms with van der Waals surface area (Å²) in [5.74, 6) is 0.311. The van der Waals surface area contributed by atoms with Crippen LogP contribution in [0.1, 0.15) is 27.0 Å². The van der Waals surface area contributed by atoms with Gasteiger partial charge >= 0.3 is 0 Å². The van der Waals surface area contributed by atoms with E-state index in [1.54, 1.807) is 23.2 Å². The van der Waals surface area contributed by atoms with Crippen molar-refractivity contribution in [3.8, 4) is 0 Å². The molecule has 0 aliphatic carbocycles. The van der Waals surface area contributed by atoms with Crippen LogP contribution < -0.4 is 5.56 Å². The van der Waals surface area contributed by atoms with Gasteiger partial charge in [0.2, 0.25) is 5.95 Å². The van der Waals surface area contributed by atoms with Gasteiger partial charge in [0.05, 0.1) is 18.3 Å². The molecule has 0 fully saturated rings. The second-order valence-electron chi connectivity index (χ2n) is 9.96. The highest BCUT2D eigenvalue weighted by molar-refractivity contribution is 14.1. The van der Waals surface area contributed by atoms with Gasteiger partial charge in [0.1, 0.15) is 11.9 Å². The molecule has 9 nitrogen and oxygen atoms in total. The predicted molar refractivity (Wildman–Crippen MR) is 155 cm³/mol. The standard InChI is InChI=1S/C23H33BrIN5O4Si/c1-23(2,3)35(5,6)33-13-17-16(31)11-18(34-17)30-12-15(25)19-20(30)27-22(28-21(19)32)26-14-29(4)10-8-7-9-24/h7-8,11-12,14,17-18,31H,9-10,13H2,1-6H3,(H,27,28,32)/b8-7+,26-14?/t17-,18-/m1/s1. The van der Waals surface area contributed by atoms with Crippen molar-refractivity contribution in [2.24, 2.45) is 4.99 Å². The van der Waals surface area contributed by atoms with E-state index in [0.29, 0.717) is 17.6 Å². The van der Waals surface area contributed by atoms with Gasteiger partial charge in [0.25, 0.3) is 5.56 Å². The Morgan fingerprint density at radius 1 is 1.43 bits per heavy atom. The maximum absolute atomic E-state index is 12.8. The van der Waals surface area contributed by atoms with Crippen LogP contribution in [-0.4, -0.2) is 70.8 Å². The van der Waals surface area contributed by atoms with Gasteiger partial charge < -0.3 is 23.7 Å². The minimum absolute atomic E-state index is 0.0528. The fourth-order valence-corrected chi connectivity index (χ4v) is 5.21. The van der Waals surface area contributed by atoms with Crippen molar-refractivity contribution in [1.29, 1.82) is 0 Å². The molecule has 2 atom stereocenters. The third-order valence-electron chi connectivity index (χ3n) is 6.27. The number of allylic oxidation sites excluding steroid dienone is 1. The molecule has 0 amide bonds. The number of rotatable bonds is 9. The Morgan fingerprint density at radius 3 is 2.80 bits per heavy atom. The highest BCUT2D eigenvalue weighted by Crippen LogP contribution is 2.38. The molecule has 0 aromatic carbocycles. The van der Waals surface area contributed by atoms with Crippen LogP contribution in [0.15, 0.2) is 40.0 Å². The van der Waals surface area contributed by atoms with Crippen LogP contribution in [0.5, 0.6) is 0 Å². The van der Waals surface area contributed by atoms with Crippen molar-refractivity contribution in [2.75, 3.05) is 25.5 Å². The zero-order valence-electron chi connectivity index (χ0n) is 20.9. The minimum atomic E-state index is -2.00. The third-order valence-corrected chi connectivity index (χ3v) is 12.0. The van der Waals surface area contributed by atoms with Crippen LogP contribution in [0.2, 0.25) is 18.1 Å². The van der Waals surface area contributed by atoms with Gasteiger partial charge in [0, 0.05) is 34.8 Å². The monoisotopic (exact) mass is 677 g/mol. The normalized spacial score (nSPS) is 19.4. The van der Waals surface area contributed by atoms with E-state index in [1.807, 2.05) is 24.1 Å². The van der Waals surface area contributed by atoms with Crippen LogP contribution in [0, 0.1) is 3.57 Å². The zero-order chi connectivity index (χ0) is 26.0. The zero-order valence-corrected chi connectivity index (χ0v) is 25.6. The number of aliphatic hydroxyl groups excluding tert-OH is 1. The number of nitrogens with zero attached hydrogens (tertiary/aromatic N) is 4. The van der Waals surface area contributed by atoms with Gasteiger partial charge in [-0.05, 0) is 40.7 Å². The summed E-state index contributed by atoms with van der Waals surface area (Å²) in [6.45, 7) is 11.8. The molecular formula is C23H33BrIN5O4Si. The van der Waals surface area contributed by atoms with Crippen molar-refractivity contribution in [3.63, 3.8) is 0 Å². The first-order valence-corrected chi connectivity index (χ1v) is 16.4. The lowest BCUT2D eigenvalue weighted by atomic mass is 10.2. The Bertz CT molecular complexity index is 1200. The molecule has 3 rings (SSSR count). The van der Waals surface area contributed by atoms with Crippen LogP contribution in [0.25, 0.3) is 11.0 Å². The summed E-state index contributed by atoms with van der Waals surface area (Å²) in [5, 5.41) is 11.9. The molecule has 0 saturated carbocycles. The summed E-state index contributed by atoms with van der Waals surface area (Å²) >= 11 is 5.45. The summed E-state index contributed by atoms with van der Waals surface area (Å²) < 4.78 is 14.9. The first-order chi connectivity index (χ1) is 16.3. The first-order valence-electron chi connectivity index (χ1n) is 11.3. The number of nitrogens with one attached hydrogen (secondary N) is 1. The Morgan fingerprint density at radius 2 is 2.14 bits per heavy atom. The van der Waals surface area contributed by atoms with E-state index in [-0.39, 0.29) is 28.9 Å². The van der Waals surface area contributed by atoms with Crippen molar-refractivity contribution in [3.05, 3.63) is 44.1 Å². The van der Waals surface area contributed by atoms with Crippen molar-refractivity contribution in [2.45, 2.75) is 51.2 Å². The van der Waals surface area contributed by atoms with Gasteiger partial charge in [-0.15, -0.1) is 0 Å². The Balaban J connectivity index is 1.83. The van der Waals surface area contributed by atoms with Crippen molar-refractivity contribution >= 4 is 70.2 Å². The lowest BCUT2D eigenvalue weighted by Gasteiger charge is -2.36. The van der Waals surface area contributed by atoms with E-state index < -0.39 is 20.6 Å². The summed E-state index contributed by atoms with van der Waals surface area (Å²) in [5.41, 5.74) is 0.156. The van der Waals surface area contributed by atoms with Gasteiger partial charge in [-0.3, -0.25) is 9.78 Å². The molecule has 12 heteroatoms. The molecule has 1 aliphatic heterocycles. The summed E-state index contributed by atoms with van der Waals surface area (Å²) in [7, 11) is -0.113. The second-order valence-corrected chi connectivity index (χ2v) is 16.6. The molecule has 0 spiro atoms. The van der Waals surface area contributed by atoms with E-state index in [1.165, 1.54) is 0 Å². The summed E-state index contributed by atoms with van der Waals surface area (Å²) in [6, 6.07) is 0. The Labute approximate surface area is 228 Å². The second kappa shape index (κ2) is 11.3. The minimum Gasteiger partial charge on any atom is -0.510 e. The quantitative estimate of drug-likeness (QED) is 0.0941. The topological polar surface area (TPSA) is 105 Å². The number of aromatic nitrogens is 3. The van der Waals surface area contributed by atoms with Gasteiger partial charge in [-0.25, -0.2) is 4.99 Å². The fraction of sp³-hybridized carbons (Fsp3) is 0.522. The Kier molecular flexibility index (Phi) is 9.05. The molecule has 2 aromatic rings. The smallest absolute Gasteiger partial charge is 0.262 e.